The van der Waals surface area contributed by atoms with Crippen LogP contribution in [-0.2, 0) is 17.6 Å². The maximum Gasteiger partial charge on any atom is 0.159 e. The lowest BCUT2D eigenvalue weighted by Crippen LogP contribution is -1.96. The van der Waals surface area contributed by atoms with Crippen molar-refractivity contribution in [2.24, 2.45) is 0 Å². The van der Waals surface area contributed by atoms with Gasteiger partial charge in [0.15, 0.2) is 5.78 Å². The molecule has 0 aliphatic rings. The van der Waals surface area contributed by atoms with Crippen LogP contribution in [0.1, 0.15) is 50.7 Å². The minimum atomic E-state index is 0.188. The summed E-state index contributed by atoms with van der Waals surface area (Å²) in [5.41, 5.74) is 4.69. The average molecular weight is 326 g/mol. The quantitative estimate of drug-likeness (QED) is 0.417. The average Bonchev–Trinajstić information content (AvgIpc) is 3.20. The van der Waals surface area contributed by atoms with Gasteiger partial charge in [-0.15, -0.1) is 0 Å². The second kappa shape index (κ2) is 9.76. The van der Waals surface area contributed by atoms with Crippen LogP contribution in [0.3, 0.4) is 0 Å². The van der Waals surface area contributed by atoms with Gasteiger partial charge in [0.1, 0.15) is 0 Å². The van der Waals surface area contributed by atoms with E-state index in [4.69, 9.17) is 8.83 Å². The van der Waals surface area contributed by atoms with Crippen molar-refractivity contribution in [3.8, 4) is 0 Å². The van der Waals surface area contributed by atoms with Crippen molar-refractivity contribution < 1.29 is 13.6 Å². The van der Waals surface area contributed by atoms with E-state index in [9.17, 15) is 4.79 Å². The van der Waals surface area contributed by atoms with Crippen LogP contribution in [-0.4, -0.2) is 5.78 Å². The van der Waals surface area contributed by atoms with E-state index in [1.165, 1.54) is 11.1 Å². The molecule has 0 bridgehead atoms. The molecule has 3 heteroatoms. The lowest BCUT2D eigenvalue weighted by atomic mass is 10.0. The molecule has 0 saturated carbocycles. The highest BCUT2D eigenvalue weighted by atomic mass is 16.3. The van der Waals surface area contributed by atoms with Crippen molar-refractivity contribution >= 4 is 5.78 Å². The summed E-state index contributed by atoms with van der Waals surface area (Å²) in [5.74, 6) is 0.188. The van der Waals surface area contributed by atoms with Crippen LogP contribution >= 0.6 is 0 Å². The van der Waals surface area contributed by atoms with E-state index >= 15 is 0 Å². The molecule has 0 fully saturated rings. The Kier molecular flexibility index (Phi) is 7.34. The van der Waals surface area contributed by atoms with Crippen LogP contribution in [0.2, 0.25) is 0 Å². The van der Waals surface area contributed by atoms with Crippen LogP contribution in [0.15, 0.2) is 69.3 Å². The van der Waals surface area contributed by atoms with Gasteiger partial charge < -0.3 is 8.83 Å². The van der Waals surface area contributed by atoms with Crippen LogP contribution in [0.25, 0.3) is 0 Å². The number of furan rings is 2. The van der Waals surface area contributed by atoms with Crippen molar-refractivity contribution in [3.63, 3.8) is 0 Å². The lowest BCUT2D eigenvalue weighted by Gasteiger charge is -2.02. The molecule has 0 aliphatic heterocycles. The Labute approximate surface area is 144 Å². The number of allylic oxidation sites excluding steroid dienone is 4. The largest absolute Gasteiger partial charge is 0.472 e. The third kappa shape index (κ3) is 6.86. The van der Waals surface area contributed by atoms with Crippen molar-refractivity contribution in [1.82, 2.24) is 0 Å². The van der Waals surface area contributed by atoms with Gasteiger partial charge in [-0.25, -0.2) is 0 Å². The summed E-state index contributed by atoms with van der Waals surface area (Å²) in [4.78, 5) is 12.1. The molecule has 0 radical (unpaired) electrons. The molecule has 0 aliphatic carbocycles. The number of carbonyl (C=O) groups excluding carboxylic acids is 1. The highest BCUT2D eigenvalue weighted by molar-refractivity contribution is 5.91. The Hall–Kier alpha value is -2.29. The summed E-state index contributed by atoms with van der Waals surface area (Å²) >= 11 is 0. The van der Waals surface area contributed by atoms with Crippen LogP contribution < -0.4 is 0 Å². The van der Waals surface area contributed by atoms with Crippen LogP contribution in [0.5, 0.6) is 0 Å². The number of hydrogen-bond donors (Lipinski definition) is 0. The fraction of sp³-hybridized carbons (Fsp3) is 0.381. The first-order chi connectivity index (χ1) is 11.6. The van der Waals surface area contributed by atoms with Gasteiger partial charge in [-0.3, -0.25) is 4.79 Å². The molecule has 0 aromatic carbocycles. The molecule has 24 heavy (non-hydrogen) atoms. The molecule has 2 aromatic heterocycles. The van der Waals surface area contributed by atoms with Gasteiger partial charge in [0.2, 0.25) is 0 Å². The fourth-order valence-electron chi connectivity index (χ4n) is 2.67. The molecule has 2 rings (SSSR count). The van der Waals surface area contributed by atoms with E-state index in [2.05, 4.69) is 6.08 Å². The topological polar surface area (TPSA) is 43.4 Å². The highest BCUT2D eigenvalue weighted by Gasteiger charge is 2.02. The Bertz CT molecular complexity index is 658. The van der Waals surface area contributed by atoms with Crippen LogP contribution in [0.4, 0.5) is 0 Å². The highest BCUT2D eigenvalue weighted by Crippen LogP contribution is 2.12. The maximum absolute atomic E-state index is 12.1. The van der Waals surface area contributed by atoms with Crippen molar-refractivity contribution in [3.05, 3.63) is 71.6 Å². The summed E-state index contributed by atoms with van der Waals surface area (Å²) < 4.78 is 10.1. The molecule has 128 valence electrons. The van der Waals surface area contributed by atoms with E-state index in [1.807, 2.05) is 26.0 Å². The minimum absolute atomic E-state index is 0.188. The fourth-order valence-corrected chi connectivity index (χ4v) is 2.67. The number of rotatable bonds is 10. The predicted octanol–water partition coefficient (Wildman–Crippen LogP) is 5.68. The van der Waals surface area contributed by atoms with Gasteiger partial charge in [-0.2, -0.15) is 0 Å². The zero-order valence-corrected chi connectivity index (χ0v) is 14.6. The Morgan fingerprint density at radius 2 is 1.67 bits per heavy atom. The molecular formula is C21H26O3. The SMILES string of the molecule is C/C(=C/CCc1ccoc1)CC(=O)/C=C(\C)CCCc1ccoc1. The third-order valence-corrected chi connectivity index (χ3v) is 3.98. The number of ketones is 1. The number of carbonyl (C=O) groups is 1. The normalized spacial score (nSPS) is 12.6. The second-order valence-corrected chi connectivity index (χ2v) is 6.34. The molecular weight excluding hydrogens is 300 g/mol. The third-order valence-electron chi connectivity index (χ3n) is 3.98. The monoisotopic (exact) mass is 326 g/mol. The lowest BCUT2D eigenvalue weighted by molar-refractivity contribution is -0.114. The molecule has 0 amide bonds. The Morgan fingerprint density at radius 3 is 2.29 bits per heavy atom. The minimum Gasteiger partial charge on any atom is -0.472 e. The van der Waals surface area contributed by atoms with Crippen molar-refractivity contribution in [2.45, 2.75) is 52.4 Å². The van der Waals surface area contributed by atoms with Gasteiger partial charge in [0.25, 0.3) is 0 Å². The van der Waals surface area contributed by atoms with Gasteiger partial charge in [-0.05, 0) is 75.3 Å². The zero-order valence-electron chi connectivity index (χ0n) is 14.6. The van der Waals surface area contributed by atoms with Gasteiger partial charge in [-0.1, -0.05) is 17.2 Å². The van der Waals surface area contributed by atoms with Gasteiger partial charge in [0, 0.05) is 6.42 Å². The van der Waals surface area contributed by atoms with E-state index < -0.39 is 0 Å². The molecule has 0 unspecified atom stereocenters. The van der Waals surface area contributed by atoms with Crippen LogP contribution in [0, 0.1) is 0 Å². The predicted molar refractivity (Wildman–Crippen MR) is 95.8 cm³/mol. The molecule has 0 spiro atoms. The van der Waals surface area contributed by atoms with E-state index in [-0.39, 0.29) is 5.78 Å². The standard InChI is InChI=1S/C21H26O3/c1-17(5-3-7-19-9-11-23-15-19)13-21(22)14-18(2)6-4-8-20-10-12-24-16-20/h5,9-12,14-16H,3-4,6-8,13H2,1-2H3/b17-5-,18-14+. The van der Waals surface area contributed by atoms with Crippen molar-refractivity contribution in [2.75, 3.05) is 0 Å². The second-order valence-electron chi connectivity index (χ2n) is 6.34. The molecule has 2 aromatic rings. The van der Waals surface area contributed by atoms with E-state index in [0.717, 1.165) is 43.3 Å². The zero-order chi connectivity index (χ0) is 17.2. The van der Waals surface area contributed by atoms with Crippen molar-refractivity contribution in [1.29, 1.82) is 0 Å². The molecule has 0 saturated heterocycles. The molecule has 0 atom stereocenters. The first-order valence-electron chi connectivity index (χ1n) is 8.51. The summed E-state index contributed by atoms with van der Waals surface area (Å²) in [6, 6.07) is 3.96. The summed E-state index contributed by atoms with van der Waals surface area (Å²) in [6.07, 6.45) is 16.2. The maximum atomic E-state index is 12.1. The summed E-state index contributed by atoms with van der Waals surface area (Å²) in [6.45, 7) is 4.06. The Balaban J connectivity index is 1.67. The number of hydrogen-bond acceptors (Lipinski definition) is 3. The van der Waals surface area contributed by atoms with E-state index in [0.29, 0.717) is 6.42 Å². The molecule has 3 nitrogen and oxygen atoms in total. The summed E-state index contributed by atoms with van der Waals surface area (Å²) in [5, 5.41) is 0. The van der Waals surface area contributed by atoms with E-state index in [1.54, 1.807) is 31.1 Å². The van der Waals surface area contributed by atoms with Gasteiger partial charge >= 0.3 is 0 Å². The Morgan fingerprint density at radius 1 is 1.00 bits per heavy atom. The first-order valence-corrected chi connectivity index (χ1v) is 8.51. The molecule has 2 heterocycles. The molecule has 0 N–H and O–H groups in total. The smallest absolute Gasteiger partial charge is 0.159 e. The summed E-state index contributed by atoms with van der Waals surface area (Å²) in [7, 11) is 0. The number of aryl methyl sites for hydroxylation is 2. The first kappa shape index (κ1) is 18.1. The van der Waals surface area contributed by atoms with Gasteiger partial charge in [0.05, 0.1) is 25.1 Å².